The first-order valence-corrected chi connectivity index (χ1v) is 4.75. The Morgan fingerprint density at radius 1 is 1.50 bits per heavy atom. The van der Waals surface area contributed by atoms with E-state index in [1.807, 2.05) is 12.2 Å². The van der Waals surface area contributed by atoms with Gasteiger partial charge >= 0.3 is 5.97 Å². The lowest BCUT2D eigenvalue weighted by Gasteiger charge is -2.31. The summed E-state index contributed by atoms with van der Waals surface area (Å²) in [5.41, 5.74) is -1.04. The second-order valence-corrected chi connectivity index (χ2v) is 4.15. The number of amides is 1. The quantitative estimate of drug-likeness (QED) is 0.632. The van der Waals surface area contributed by atoms with E-state index in [1.54, 1.807) is 0 Å². The van der Waals surface area contributed by atoms with Gasteiger partial charge in [0.25, 0.3) is 0 Å². The molecule has 2 unspecified atom stereocenters. The molecule has 2 bridgehead atoms. The summed E-state index contributed by atoms with van der Waals surface area (Å²) in [5, 5.41) is 11.8. The van der Waals surface area contributed by atoms with Crippen LogP contribution in [0.1, 0.15) is 19.8 Å². The van der Waals surface area contributed by atoms with Crippen LogP contribution in [0.2, 0.25) is 0 Å². The molecular formula is C10H13NO3. The molecule has 0 saturated heterocycles. The van der Waals surface area contributed by atoms with Gasteiger partial charge in [0, 0.05) is 12.8 Å². The minimum Gasteiger partial charge on any atom is -0.479 e. The van der Waals surface area contributed by atoms with Gasteiger partial charge in [0.1, 0.15) is 5.54 Å². The fraction of sp³-hybridized carbons (Fsp3) is 0.600. The van der Waals surface area contributed by atoms with Crippen molar-refractivity contribution in [1.29, 1.82) is 0 Å². The number of rotatable bonds is 2. The summed E-state index contributed by atoms with van der Waals surface area (Å²) in [7, 11) is 0. The van der Waals surface area contributed by atoms with E-state index in [-0.39, 0.29) is 11.8 Å². The lowest BCUT2D eigenvalue weighted by molar-refractivity contribution is -0.148. The van der Waals surface area contributed by atoms with E-state index in [2.05, 4.69) is 5.32 Å². The smallest absolute Gasteiger partial charge is 0.330 e. The average molecular weight is 195 g/mol. The minimum atomic E-state index is -1.04. The molecule has 4 nitrogen and oxygen atoms in total. The fourth-order valence-electron chi connectivity index (χ4n) is 2.61. The normalized spacial score (nSPS) is 38.6. The van der Waals surface area contributed by atoms with Crippen molar-refractivity contribution >= 4 is 11.9 Å². The molecule has 0 spiro atoms. The van der Waals surface area contributed by atoms with E-state index >= 15 is 0 Å². The number of nitrogens with one attached hydrogen (secondary N) is 1. The minimum absolute atomic E-state index is 0.0334. The van der Waals surface area contributed by atoms with Gasteiger partial charge in [0.15, 0.2) is 0 Å². The molecule has 0 aromatic carbocycles. The first kappa shape index (κ1) is 9.24. The average Bonchev–Trinajstić information content (AvgIpc) is 2.61. The van der Waals surface area contributed by atoms with Gasteiger partial charge in [-0.1, -0.05) is 12.2 Å². The van der Waals surface area contributed by atoms with Crippen LogP contribution >= 0.6 is 0 Å². The summed E-state index contributed by atoms with van der Waals surface area (Å²) in [6, 6.07) is 0. The van der Waals surface area contributed by atoms with Crippen LogP contribution in [0.5, 0.6) is 0 Å². The van der Waals surface area contributed by atoms with Crippen LogP contribution in [0.15, 0.2) is 12.2 Å². The third-order valence-corrected chi connectivity index (χ3v) is 3.17. The molecule has 2 aliphatic carbocycles. The van der Waals surface area contributed by atoms with Crippen molar-refractivity contribution in [3.8, 4) is 0 Å². The van der Waals surface area contributed by atoms with Crippen molar-refractivity contribution < 1.29 is 14.7 Å². The molecule has 2 aliphatic rings. The van der Waals surface area contributed by atoms with Gasteiger partial charge in [0.2, 0.25) is 5.91 Å². The first-order chi connectivity index (χ1) is 6.54. The highest BCUT2D eigenvalue weighted by molar-refractivity contribution is 5.87. The van der Waals surface area contributed by atoms with Gasteiger partial charge < -0.3 is 10.4 Å². The third-order valence-electron chi connectivity index (χ3n) is 3.17. The molecule has 0 heterocycles. The maximum absolute atomic E-state index is 11.2. The lowest BCUT2D eigenvalue weighted by atomic mass is 9.84. The topological polar surface area (TPSA) is 66.4 Å². The molecule has 0 aliphatic heterocycles. The summed E-state index contributed by atoms with van der Waals surface area (Å²) in [4.78, 5) is 22.2. The number of fused-ring (bicyclic) bond motifs is 2. The van der Waals surface area contributed by atoms with Gasteiger partial charge in [-0.3, -0.25) is 4.79 Å². The van der Waals surface area contributed by atoms with Gasteiger partial charge in [-0.25, -0.2) is 4.79 Å². The van der Waals surface area contributed by atoms with E-state index in [1.165, 1.54) is 6.92 Å². The summed E-state index contributed by atoms with van der Waals surface area (Å²) in [5.74, 6) is -0.894. The molecule has 1 amide bonds. The van der Waals surface area contributed by atoms with Gasteiger partial charge in [-0.05, 0) is 18.8 Å². The number of carboxylic acids is 1. The van der Waals surface area contributed by atoms with Crippen LogP contribution in [0.4, 0.5) is 0 Å². The number of carboxylic acid groups (broad SMARTS) is 1. The largest absolute Gasteiger partial charge is 0.479 e. The molecule has 1 fully saturated rings. The Hall–Kier alpha value is -1.32. The number of allylic oxidation sites excluding steroid dienone is 1. The number of carbonyl (C=O) groups excluding carboxylic acids is 1. The highest BCUT2D eigenvalue weighted by atomic mass is 16.4. The Kier molecular flexibility index (Phi) is 1.87. The van der Waals surface area contributed by atoms with E-state index in [0.29, 0.717) is 12.3 Å². The molecule has 0 aromatic heterocycles. The maximum Gasteiger partial charge on any atom is 0.330 e. The molecule has 4 heteroatoms. The van der Waals surface area contributed by atoms with Crippen LogP contribution in [0, 0.1) is 11.8 Å². The third kappa shape index (κ3) is 1.14. The van der Waals surface area contributed by atoms with Crippen molar-refractivity contribution in [3.05, 3.63) is 12.2 Å². The number of hydrogen-bond acceptors (Lipinski definition) is 2. The molecule has 2 rings (SSSR count). The van der Waals surface area contributed by atoms with Gasteiger partial charge in [-0.15, -0.1) is 0 Å². The Bertz CT molecular complexity index is 323. The Morgan fingerprint density at radius 3 is 2.57 bits per heavy atom. The van der Waals surface area contributed by atoms with Crippen molar-refractivity contribution in [3.63, 3.8) is 0 Å². The van der Waals surface area contributed by atoms with Crippen LogP contribution in [-0.4, -0.2) is 22.5 Å². The zero-order valence-corrected chi connectivity index (χ0v) is 7.99. The van der Waals surface area contributed by atoms with Gasteiger partial charge in [0.05, 0.1) is 0 Å². The highest BCUT2D eigenvalue weighted by Crippen LogP contribution is 2.46. The maximum atomic E-state index is 11.2. The monoisotopic (exact) mass is 195 g/mol. The van der Waals surface area contributed by atoms with Crippen LogP contribution in [0.3, 0.4) is 0 Å². The van der Waals surface area contributed by atoms with E-state index in [0.717, 1.165) is 6.42 Å². The van der Waals surface area contributed by atoms with Crippen molar-refractivity contribution in [2.24, 2.45) is 11.8 Å². The van der Waals surface area contributed by atoms with Crippen LogP contribution in [-0.2, 0) is 9.59 Å². The molecule has 14 heavy (non-hydrogen) atoms. The lowest BCUT2D eigenvalue weighted by Crippen LogP contribution is -2.56. The van der Waals surface area contributed by atoms with E-state index < -0.39 is 11.5 Å². The van der Waals surface area contributed by atoms with Crippen molar-refractivity contribution in [2.45, 2.75) is 25.3 Å². The number of aliphatic carboxylic acids is 1. The predicted molar refractivity (Wildman–Crippen MR) is 49.5 cm³/mol. The second-order valence-electron chi connectivity index (χ2n) is 4.15. The summed E-state index contributed by atoms with van der Waals surface area (Å²) >= 11 is 0. The molecule has 2 N–H and O–H groups in total. The van der Waals surface area contributed by atoms with E-state index in [9.17, 15) is 14.7 Å². The molecule has 76 valence electrons. The standard InChI is InChI=1S/C10H13NO3/c1-6(12)11-10(9(13)14)5-7-2-3-8(10)4-7/h2-3,7-8H,4-5H2,1H3,(H,11,12)(H,13,14)/t7?,8-,10?/m0/s1. The van der Waals surface area contributed by atoms with E-state index in [4.69, 9.17) is 0 Å². The highest BCUT2D eigenvalue weighted by Gasteiger charge is 2.54. The molecule has 1 saturated carbocycles. The molecule has 0 aromatic rings. The summed E-state index contributed by atoms with van der Waals surface area (Å²) in [6.07, 6.45) is 5.35. The summed E-state index contributed by atoms with van der Waals surface area (Å²) in [6.45, 7) is 1.36. The summed E-state index contributed by atoms with van der Waals surface area (Å²) < 4.78 is 0. The SMILES string of the molecule is CC(=O)NC1(C(=O)O)CC2C=C[C@H]1C2. The Morgan fingerprint density at radius 2 is 2.21 bits per heavy atom. The first-order valence-electron chi connectivity index (χ1n) is 4.75. The second kappa shape index (κ2) is 2.83. The Balaban J connectivity index is 2.29. The predicted octanol–water partition coefficient (Wildman–Crippen LogP) is 0.542. The van der Waals surface area contributed by atoms with Crippen LogP contribution < -0.4 is 5.32 Å². The zero-order valence-electron chi connectivity index (χ0n) is 7.99. The zero-order chi connectivity index (χ0) is 10.3. The van der Waals surface area contributed by atoms with Crippen LogP contribution in [0.25, 0.3) is 0 Å². The number of hydrogen-bond donors (Lipinski definition) is 2. The van der Waals surface area contributed by atoms with Crippen molar-refractivity contribution in [1.82, 2.24) is 5.32 Å². The Labute approximate surface area is 82.0 Å². The molecular weight excluding hydrogens is 182 g/mol. The van der Waals surface area contributed by atoms with Gasteiger partial charge in [-0.2, -0.15) is 0 Å². The molecule has 3 atom stereocenters. The molecule has 0 radical (unpaired) electrons. The fourth-order valence-corrected chi connectivity index (χ4v) is 2.61. The number of carbonyl (C=O) groups is 2. The van der Waals surface area contributed by atoms with Crippen molar-refractivity contribution in [2.75, 3.05) is 0 Å².